The number of carbonyl (C=O) groups excluding carboxylic acids is 1. The van der Waals surface area contributed by atoms with Gasteiger partial charge in [-0.3, -0.25) is 9.69 Å². The van der Waals surface area contributed by atoms with E-state index in [4.69, 9.17) is 13.9 Å². The van der Waals surface area contributed by atoms with Gasteiger partial charge < -0.3 is 18.8 Å². The topological polar surface area (TPSA) is 55.2 Å². The molecule has 0 spiro atoms. The lowest BCUT2D eigenvalue weighted by Gasteiger charge is -2.29. The van der Waals surface area contributed by atoms with Gasteiger partial charge in [0.05, 0.1) is 32.9 Å². The number of carbonyl (C=O) groups is 1. The number of morpholine rings is 1. The molecule has 144 valence electrons. The molecule has 27 heavy (non-hydrogen) atoms. The number of hydrogen-bond donors (Lipinski definition) is 0. The van der Waals surface area contributed by atoms with Crippen LogP contribution in [0.15, 0.2) is 40.8 Å². The van der Waals surface area contributed by atoms with Crippen LogP contribution in [0.3, 0.4) is 0 Å². The van der Waals surface area contributed by atoms with Crippen molar-refractivity contribution in [2.75, 3.05) is 46.5 Å². The van der Waals surface area contributed by atoms with E-state index in [1.54, 1.807) is 18.0 Å². The van der Waals surface area contributed by atoms with Gasteiger partial charge in [0.2, 0.25) is 0 Å². The first-order valence-electron chi connectivity index (χ1n) is 9.54. The maximum atomic E-state index is 12.8. The van der Waals surface area contributed by atoms with E-state index in [0.29, 0.717) is 25.5 Å². The van der Waals surface area contributed by atoms with Crippen LogP contribution < -0.4 is 0 Å². The van der Waals surface area contributed by atoms with Gasteiger partial charge in [-0.25, -0.2) is 0 Å². The molecule has 3 heterocycles. The molecule has 2 aromatic rings. The summed E-state index contributed by atoms with van der Waals surface area (Å²) in [5, 5.41) is 0. The Morgan fingerprint density at radius 1 is 1.15 bits per heavy atom. The molecule has 4 rings (SSSR count). The van der Waals surface area contributed by atoms with Gasteiger partial charge in [-0.2, -0.15) is 0 Å². The summed E-state index contributed by atoms with van der Waals surface area (Å²) in [6, 6.07) is 12.0. The summed E-state index contributed by atoms with van der Waals surface area (Å²) < 4.78 is 17.1. The van der Waals surface area contributed by atoms with Crippen LogP contribution in [0.1, 0.15) is 33.5 Å². The van der Waals surface area contributed by atoms with Crippen molar-refractivity contribution in [3.63, 3.8) is 0 Å². The van der Waals surface area contributed by atoms with E-state index < -0.39 is 0 Å². The average Bonchev–Trinajstić information content (AvgIpc) is 3.17. The number of furan rings is 1. The second kappa shape index (κ2) is 8.25. The summed E-state index contributed by atoms with van der Waals surface area (Å²) >= 11 is 0. The third kappa shape index (κ3) is 4.24. The molecule has 0 saturated carbocycles. The minimum Gasteiger partial charge on any atom is -0.455 e. The van der Waals surface area contributed by atoms with Crippen molar-refractivity contribution < 1.29 is 18.7 Å². The van der Waals surface area contributed by atoms with Gasteiger partial charge in [-0.05, 0) is 29.7 Å². The van der Waals surface area contributed by atoms with Gasteiger partial charge >= 0.3 is 0 Å². The molecule has 1 atom stereocenters. The van der Waals surface area contributed by atoms with Crippen molar-refractivity contribution in [3.05, 3.63) is 59.0 Å². The van der Waals surface area contributed by atoms with E-state index in [-0.39, 0.29) is 12.0 Å². The van der Waals surface area contributed by atoms with Crippen molar-refractivity contribution >= 4 is 5.91 Å². The molecule has 1 amide bonds. The molecule has 0 aliphatic carbocycles. The molecule has 6 heteroatoms. The van der Waals surface area contributed by atoms with Gasteiger partial charge in [0.25, 0.3) is 5.91 Å². The Balaban J connectivity index is 1.38. The number of amides is 1. The Hall–Kier alpha value is -2.15. The van der Waals surface area contributed by atoms with Crippen molar-refractivity contribution in [1.82, 2.24) is 9.80 Å². The highest BCUT2D eigenvalue weighted by Crippen LogP contribution is 2.27. The summed E-state index contributed by atoms with van der Waals surface area (Å²) in [5.74, 6) is 1.08. The van der Waals surface area contributed by atoms with Crippen LogP contribution >= 0.6 is 0 Å². The van der Waals surface area contributed by atoms with Gasteiger partial charge in [0.1, 0.15) is 11.9 Å². The molecule has 1 aromatic heterocycles. The summed E-state index contributed by atoms with van der Waals surface area (Å²) in [6.07, 6.45) is 0.833. The van der Waals surface area contributed by atoms with E-state index in [0.717, 1.165) is 38.5 Å². The average molecular weight is 370 g/mol. The smallest absolute Gasteiger partial charge is 0.289 e. The van der Waals surface area contributed by atoms with Crippen LogP contribution in [0, 0.1) is 0 Å². The molecule has 2 aliphatic heterocycles. The molecule has 1 aromatic carbocycles. The summed E-state index contributed by atoms with van der Waals surface area (Å²) in [4.78, 5) is 16.7. The Labute approximate surface area is 159 Å². The number of fused-ring (bicyclic) bond motifs is 1. The van der Waals surface area contributed by atoms with E-state index in [1.807, 2.05) is 12.1 Å². The lowest BCUT2D eigenvalue weighted by atomic mass is 9.97. The van der Waals surface area contributed by atoms with Crippen LogP contribution in [0.25, 0.3) is 0 Å². The molecule has 1 saturated heterocycles. The number of nitrogens with zero attached hydrogens (tertiary/aromatic N) is 2. The second-order valence-electron chi connectivity index (χ2n) is 7.15. The molecule has 0 radical (unpaired) electrons. The zero-order chi connectivity index (χ0) is 18.6. The van der Waals surface area contributed by atoms with Crippen molar-refractivity contribution in [2.24, 2.45) is 0 Å². The Kier molecular flexibility index (Phi) is 5.57. The highest BCUT2D eigenvalue weighted by molar-refractivity contribution is 5.91. The molecule has 6 nitrogen and oxygen atoms in total. The minimum atomic E-state index is -0.116. The fraction of sp³-hybridized carbons (Fsp3) is 0.476. The van der Waals surface area contributed by atoms with E-state index in [2.05, 4.69) is 23.1 Å². The normalized spacial score (nSPS) is 20.3. The molecule has 0 unspecified atom stereocenters. The quantitative estimate of drug-likeness (QED) is 0.809. The first-order valence-corrected chi connectivity index (χ1v) is 9.54. The predicted octanol–water partition coefficient (Wildman–Crippen LogP) is 2.50. The number of benzene rings is 1. The number of hydrogen-bond acceptors (Lipinski definition) is 5. The second-order valence-corrected chi connectivity index (χ2v) is 7.15. The van der Waals surface area contributed by atoms with Crippen molar-refractivity contribution in [1.29, 1.82) is 0 Å². The summed E-state index contributed by atoms with van der Waals surface area (Å²) in [7, 11) is 1.80. The lowest BCUT2D eigenvalue weighted by Crippen LogP contribution is -2.35. The maximum Gasteiger partial charge on any atom is 0.289 e. The predicted molar refractivity (Wildman–Crippen MR) is 101 cm³/mol. The molecule has 0 N–H and O–H groups in total. The summed E-state index contributed by atoms with van der Waals surface area (Å²) in [5.41, 5.74) is 2.48. The van der Waals surface area contributed by atoms with Crippen LogP contribution in [-0.2, 0) is 22.4 Å². The first-order chi connectivity index (χ1) is 13.2. The molecular formula is C21H26N2O4. The molecule has 2 aliphatic rings. The third-order valence-corrected chi connectivity index (χ3v) is 5.23. The minimum absolute atomic E-state index is 0.0910. The molecule has 1 fully saturated rings. The maximum absolute atomic E-state index is 12.8. The zero-order valence-corrected chi connectivity index (χ0v) is 15.7. The van der Waals surface area contributed by atoms with Crippen LogP contribution in [0.2, 0.25) is 0 Å². The van der Waals surface area contributed by atoms with Gasteiger partial charge in [-0.15, -0.1) is 0 Å². The lowest BCUT2D eigenvalue weighted by molar-refractivity contribution is 0.0188. The van der Waals surface area contributed by atoms with E-state index in [1.165, 1.54) is 11.1 Å². The summed E-state index contributed by atoms with van der Waals surface area (Å²) in [6.45, 7) is 5.18. The Bertz CT molecular complexity index is 782. The van der Waals surface area contributed by atoms with Crippen molar-refractivity contribution in [3.8, 4) is 0 Å². The Morgan fingerprint density at radius 2 is 1.96 bits per heavy atom. The van der Waals surface area contributed by atoms with Crippen LogP contribution in [0.4, 0.5) is 0 Å². The number of ether oxygens (including phenoxy) is 2. The molecule has 0 bridgehead atoms. The first kappa shape index (κ1) is 18.2. The van der Waals surface area contributed by atoms with Crippen molar-refractivity contribution in [2.45, 2.75) is 19.1 Å². The number of likely N-dealkylation sites (N-methyl/N-ethyl adjacent to an activating group) is 1. The Morgan fingerprint density at radius 3 is 2.81 bits per heavy atom. The largest absolute Gasteiger partial charge is 0.455 e. The van der Waals surface area contributed by atoms with Crippen LogP contribution in [0.5, 0.6) is 0 Å². The SMILES string of the molecule is CN(C[C@@H]1OCCc2ccccc21)C(=O)c1ccc(CN2CCOCC2)o1. The highest BCUT2D eigenvalue weighted by atomic mass is 16.5. The third-order valence-electron chi connectivity index (χ3n) is 5.23. The van der Waals surface area contributed by atoms with Gasteiger partial charge in [0.15, 0.2) is 5.76 Å². The number of rotatable bonds is 5. The van der Waals surface area contributed by atoms with Crippen LogP contribution in [-0.4, -0.2) is 62.2 Å². The monoisotopic (exact) mass is 370 g/mol. The van der Waals surface area contributed by atoms with Gasteiger partial charge in [0, 0.05) is 20.1 Å². The zero-order valence-electron chi connectivity index (χ0n) is 15.7. The molecular weight excluding hydrogens is 344 g/mol. The van der Waals surface area contributed by atoms with Gasteiger partial charge in [-0.1, -0.05) is 24.3 Å². The fourth-order valence-corrected chi connectivity index (χ4v) is 3.71. The van der Waals surface area contributed by atoms with E-state index in [9.17, 15) is 4.79 Å². The van der Waals surface area contributed by atoms with E-state index >= 15 is 0 Å². The standard InChI is InChI=1S/C21H26N2O4/c1-22(15-20-18-5-3-2-4-16(18)8-11-26-20)21(24)19-7-6-17(27-19)14-23-9-12-25-13-10-23/h2-7,20H,8-15H2,1H3/t20-/m0/s1. The highest BCUT2D eigenvalue weighted by Gasteiger charge is 2.25. The fourth-order valence-electron chi connectivity index (χ4n) is 3.71.